The highest BCUT2D eigenvalue weighted by Crippen LogP contribution is 2.15. The van der Waals surface area contributed by atoms with Crippen molar-refractivity contribution in [3.05, 3.63) is 63.7 Å². The number of nitrogens with one attached hydrogen (secondary N) is 1. The number of benzene rings is 1. The predicted octanol–water partition coefficient (Wildman–Crippen LogP) is 1.95. The third-order valence-corrected chi connectivity index (χ3v) is 4.07. The molecule has 0 aliphatic heterocycles. The minimum atomic E-state index is -0.283. The van der Waals surface area contributed by atoms with Gasteiger partial charge in [-0.15, -0.1) is 0 Å². The number of carbonyl (C=O) groups excluding carboxylic acids is 1. The predicted molar refractivity (Wildman–Crippen MR) is 101 cm³/mol. The minimum absolute atomic E-state index is 0.173. The Kier molecular flexibility index (Phi) is 4.81. The molecule has 0 aliphatic rings. The molecule has 2 heterocycles. The van der Waals surface area contributed by atoms with E-state index in [-0.39, 0.29) is 11.5 Å². The summed E-state index contributed by atoms with van der Waals surface area (Å²) in [5, 5.41) is 2.81. The van der Waals surface area contributed by atoms with E-state index in [9.17, 15) is 9.59 Å². The first kappa shape index (κ1) is 17.8. The number of fused-ring (bicyclic) bond motifs is 1. The highest BCUT2D eigenvalue weighted by atomic mass is 16.1. The number of nitrogens with zero attached hydrogens (tertiary/aromatic N) is 4. The Balaban J connectivity index is 1.90. The summed E-state index contributed by atoms with van der Waals surface area (Å²) in [6.07, 6.45) is 1.67. The van der Waals surface area contributed by atoms with Gasteiger partial charge in [0.2, 0.25) is 0 Å². The summed E-state index contributed by atoms with van der Waals surface area (Å²) < 4.78 is 1.50. The van der Waals surface area contributed by atoms with Gasteiger partial charge in [0.05, 0.1) is 11.0 Å². The van der Waals surface area contributed by atoms with Crippen molar-refractivity contribution < 1.29 is 4.79 Å². The van der Waals surface area contributed by atoms with Gasteiger partial charge in [0, 0.05) is 25.4 Å². The second kappa shape index (κ2) is 7.05. The molecular weight excluding hydrogens is 330 g/mol. The van der Waals surface area contributed by atoms with Crippen LogP contribution in [-0.2, 0) is 13.6 Å². The molecule has 134 valence electrons. The molecule has 0 aliphatic carbocycles. The van der Waals surface area contributed by atoms with E-state index in [1.54, 1.807) is 38.4 Å². The van der Waals surface area contributed by atoms with Gasteiger partial charge in [-0.25, -0.2) is 9.97 Å². The first-order valence-corrected chi connectivity index (χ1v) is 8.23. The van der Waals surface area contributed by atoms with Crippen LogP contribution in [0.15, 0.2) is 41.3 Å². The Hall–Kier alpha value is -3.06. The van der Waals surface area contributed by atoms with Crippen molar-refractivity contribution in [3.63, 3.8) is 0 Å². The van der Waals surface area contributed by atoms with Gasteiger partial charge in [0.25, 0.3) is 11.5 Å². The van der Waals surface area contributed by atoms with Crippen molar-refractivity contribution >= 4 is 22.8 Å². The van der Waals surface area contributed by atoms with E-state index in [4.69, 9.17) is 0 Å². The summed E-state index contributed by atoms with van der Waals surface area (Å²) in [5.74, 6) is 0.208. The molecule has 0 saturated carbocycles. The zero-order chi connectivity index (χ0) is 18.8. The maximum absolute atomic E-state index is 12.6. The molecule has 1 N–H and O–H groups in total. The largest absolute Gasteiger partial charge is 0.308 e. The van der Waals surface area contributed by atoms with Crippen LogP contribution in [0.3, 0.4) is 0 Å². The molecular formula is C19H21N5O2. The SMILES string of the molecule is Cc1nc2ccc(C(=O)Nc3cc(CN(C)C)ccn3)cc2n(C)c1=O. The molecule has 7 heteroatoms. The molecule has 7 nitrogen and oxygen atoms in total. The molecule has 0 fully saturated rings. The minimum Gasteiger partial charge on any atom is -0.308 e. The van der Waals surface area contributed by atoms with Crippen molar-refractivity contribution in [3.8, 4) is 0 Å². The fraction of sp³-hybridized carbons (Fsp3) is 0.263. The van der Waals surface area contributed by atoms with E-state index in [2.05, 4.69) is 15.3 Å². The maximum atomic E-state index is 12.6. The van der Waals surface area contributed by atoms with E-state index in [0.29, 0.717) is 28.1 Å². The van der Waals surface area contributed by atoms with Crippen molar-refractivity contribution in [1.82, 2.24) is 19.4 Å². The number of hydrogen-bond donors (Lipinski definition) is 1. The second-order valence-electron chi connectivity index (χ2n) is 6.51. The maximum Gasteiger partial charge on any atom is 0.272 e. The topological polar surface area (TPSA) is 80.1 Å². The quantitative estimate of drug-likeness (QED) is 0.777. The average molecular weight is 351 g/mol. The molecule has 26 heavy (non-hydrogen) atoms. The fourth-order valence-electron chi connectivity index (χ4n) is 2.80. The molecule has 3 rings (SSSR count). The highest BCUT2D eigenvalue weighted by Gasteiger charge is 2.11. The van der Waals surface area contributed by atoms with Gasteiger partial charge in [0.15, 0.2) is 0 Å². The van der Waals surface area contributed by atoms with Gasteiger partial charge in [-0.2, -0.15) is 0 Å². The number of carbonyl (C=O) groups is 1. The van der Waals surface area contributed by atoms with Crippen LogP contribution in [0.5, 0.6) is 0 Å². The number of rotatable bonds is 4. The Bertz CT molecular complexity index is 1040. The third kappa shape index (κ3) is 3.62. The lowest BCUT2D eigenvalue weighted by Gasteiger charge is -2.11. The highest BCUT2D eigenvalue weighted by molar-refractivity contribution is 6.05. The van der Waals surface area contributed by atoms with Gasteiger partial charge in [-0.1, -0.05) is 0 Å². The zero-order valence-corrected chi connectivity index (χ0v) is 15.3. The summed E-state index contributed by atoms with van der Waals surface area (Å²) in [6.45, 7) is 2.43. The molecule has 0 bridgehead atoms. The summed E-state index contributed by atoms with van der Waals surface area (Å²) >= 11 is 0. The van der Waals surface area contributed by atoms with Crippen LogP contribution < -0.4 is 10.9 Å². The lowest BCUT2D eigenvalue weighted by Crippen LogP contribution is -2.21. The standard InChI is InChI=1S/C19H21N5O2/c1-12-19(26)24(4)16-10-14(5-6-15(16)21-12)18(25)22-17-9-13(7-8-20-17)11-23(2)3/h5-10H,11H2,1-4H3,(H,20,22,25). The molecule has 0 saturated heterocycles. The van der Waals surface area contributed by atoms with Gasteiger partial charge in [-0.05, 0) is 56.9 Å². The summed E-state index contributed by atoms with van der Waals surface area (Å²) in [7, 11) is 5.63. The molecule has 0 spiro atoms. The van der Waals surface area contributed by atoms with Crippen LogP contribution in [0.2, 0.25) is 0 Å². The molecule has 1 amide bonds. The molecule has 0 radical (unpaired) electrons. The first-order chi connectivity index (χ1) is 12.3. The van der Waals surface area contributed by atoms with Crippen LogP contribution in [0.1, 0.15) is 21.6 Å². The average Bonchev–Trinajstić information content (AvgIpc) is 2.59. The van der Waals surface area contributed by atoms with Gasteiger partial charge < -0.3 is 14.8 Å². The van der Waals surface area contributed by atoms with Crippen LogP contribution in [0.4, 0.5) is 5.82 Å². The Morgan fingerprint density at radius 3 is 2.73 bits per heavy atom. The van der Waals surface area contributed by atoms with Crippen molar-refractivity contribution in [2.45, 2.75) is 13.5 Å². The van der Waals surface area contributed by atoms with Crippen molar-refractivity contribution in [1.29, 1.82) is 0 Å². The Morgan fingerprint density at radius 2 is 2.00 bits per heavy atom. The second-order valence-corrected chi connectivity index (χ2v) is 6.51. The van der Waals surface area contributed by atoms with Crippen LogP contribution in [0.25, 0.3) is 11.0 Å². The van der Waals surface area contributed by atoms with Crippen molar-refractivity contribution in [2.75, 3.05) is 19.4 Å². The molecule has 3 aromatic rings. The van der Waals surface area contributed by atoms with E-state index in [0.717, 1.165) is 12.1 Å². The summed E-state index contributed by atoms with van der Waals surface area (Å²) in [6, 6.07) is 8.86. The van der Waals surface area contributed by atoms with E-state index in [1.165, 1.54) is 4.57 Å². The number of anilines is 1. The number of aryl methyl sites for hydroxylation is 2. The van der Waals surface area contributed by atoms with Crippen LogP contribution in [0, 0.1) is 6.92 Å². The first-order valence-electron chi connectivity index (χ1n) is 8.23. The molecule has 0 atom stereocenters. The smallest absolute Gasteiger partial charge is 0.272 e. The summed E-state index contributed by atoms with van der Waals surface area (Å²) in [4.78, 5) is 35.2. The van der Waals surface area contributed by atoms with Gasteiger partial charge >= 0.3 is 0 Å². The number of hydrogen-bond acceptors (Lipinski definition) is 5. The monoisotopic (exact) mass is 351 g/mol. The van der Waals surface area contributed by atoms with Crippen LogP contribution >= 0.6 is 0 Å². The number of aromatic nitrogens is 3. The third-order valence-electron chi connectivity index (χ3n) is 4.07. The van der Waals surface area contributed by atoms with Crippen molar-refractivity contribution in [2.24, 2.45) is 7.05 Å². The lowest BCUT2D eigenvalue weighted by atomic mass is 10.1. The molecule has 0 unspecified atom stereocenters. The Morgan fingerprint density at radius 1 is 1.23 bits per heavy atom. The van der Waals surface area contributed by atoms with Crippen LogP contribution in [-0.4, -0.2) is 39.4 Å². The lowest BCUT2D eigenvalue weighted by molar-refractivity contribution is 0.102. The Labute approximate surface area is 151 Å². The van der Waals surface area contributed by atoms with E-state index >= 15 is 0 Å². The van der Waals surface area contributed by atoms with Gasteiger partial charge in [-0.3, -0.25) is 9.59 Å². The summed E-state index contributed by atoms with van der Waals surface area (Å²) in [5.41, 5.74) is 3.04. The molecule has 2 aromatic heterocycles. The number of pyridine rings is 1. The fourth-order valence-corrected chi connectivity index (χ4v) is 2.80. The molecule has 1 aromatic carbocycles. The van der Waals surface area contributed by atoms with E-state index in [1.807, 2.05) is 31.1 Å². The number of amides is 1. The normalized spacial score (nSPS) is 11.1. The van der Waals surface area contributed by atoms with Gasteiger partial charge in [0.1, 0.15) is 11.5 Å². The zero-order valence-electron chi connectivity index (χ0n) is 15.3. The van der Waals surface area contributed by atoms with E-state index < -0.39 is 0 Å².